The molecule has 0 aliphatic rings. The average molecular weight is 329 g/mol. The number of amides is 1. The predicted octanol–water partition coefficient (Wildman–Crippen LogP) is 3.63. The fourth-order valence-electron chi connectivity index (χ4n) is 2.24. The van der Waals surface area contributed by atoms with Crippen molar-refractivity contribution in [1.29, 1.82) is 0 Å². The van der Waals surface area contributed by atoms with Crippen LogP contribution in [0.2, 0.25) is 0 Å². The highest BCUT2D eigenvalue weighted by Gasteiger charge is 2.09. The van der Waals surface area contributed by atoms with E-state index in [1.165, 1.54) is 0 Å². The highest BCUT2D eigenvalue weighted by Crippen LogP contribution is 2.17. The van der Waals surface area contributed by atoms with Crippen LogP contribution in [0.4, 0.5) is 0 Å². The van der Waals surface area contributed by atoms with Crippen LogP contribution < -0.4 is 5.32 Å². The molecule has 122 valence electrons. The number of thioether (sulfide) groups is 1. The Hall–Kier alpha value is -1.88. The Bertz CT molecular complexity index is 653. The van der Waals surface area contributed by atoms with E-state index in [2.05, 4.69) is 22.2 Å². The Morgan fingerprint density at radius 1 is 1.13 bits per heavy atom. The zero-order valence-electron chi connectivity index (χ0n) is 13.9. The third-order valence-corrected chi connectivity index (χ3v) is 4.44. The van der Waals surface area contributed by atoms with Crippen LogP contribution in [0.25, 0.3) is 11.4 Å². The van der Waals surface area contributed by atoms with Crippen LogP contribution in [0.3, 0.4) is 0 Å². The molecule has 2 aromatic rings. The molecule has 1 aromatic carbocycles. The van der Waals surface area contributed by atoms with E-state index < -0.39 is 0 Å². The van der Waals surface area contributed by atoms with E-state index in [9.17, 15) is 4.79 Å². The maximum absolute atomic E-state index is 12.2. The highest BCUT2D eigenvalue weighted by atomic mass is 32.2. The molecule has 0 fully saturated rings. The largest absolute Gasteiger partial charge is 0.351 e. The van der Waals surface area contributed by atoms with E-state index in [-0.39, 0.29) is 5.91 Å². The lowest BCUT2D eigenvalue weighted by Gasteiger charge is -2.07. The molecule has 0 atom stereocenters. The van der Waals surface area contributed by atoms with Crippen molar-refractivity contribution >= 4 is 17.7 Å². The van der Waals surface area contributed by atoms with Crippen LogP contribution in [0, 0.1) is 13.8 Å². The molecule has 0 saturated carbocycles. The molecule has 0 spiro atoms. The van der Waals surface area contributed by atoms with Gasteiger partial charge in [0.15, 0.2) is 5.82 Å². The third kappa shape index (κ3) is 5.36. The van der Waals surface area contributed by atoms with E-state index in [0.29, 0.717) is 17.9 Å². The van der Waals surface area contributed by atoms with Crippen molar-refractivity contribution in [3.05, 3.63) is 47.3 Å². The molecule has 1 N–H and O–H groups in total. The number of aromatic nitrogens is 2. The first-order valence-electron chi connectivity index (χ1n) is 7.89. The van der Waals surface area contributed by atoms with Crippen LogP contribution in [0.1, 0.15) is 35.1 Å². The molecule has 0 saturated heterocycles. The lowest BCUT2D eigenvalue weighted by atomic mass is 10.1. The molecule has 23 heavy (non-hydrogen) atoms. The van der Waals surface area contributed by atoms with Gasteiger partial charge in [-0.1, -0.05) is 19.1 Å². The molecule has 0 aliphatic heterocycles. The van der Waals surface area contributed by atoms with E-state index in [1.807, 2.05) is 55.9 Å². The second-order valence-electron chi connectivity index (χ2n) is 5.42. The molecule has 1 amide bonds. The first-order chi connectivity index (χ1) is 11.1. The van der Waals surface area contributed by atoms with Crippen LogP contribution in [0.5, 0.6) is 0 Å². The second-order valence-corrected chi connectivity index (χ2v) is 6.65. The second kappa shape index (κ2) is 8.67. The van der Waals surface area contributed by atoms with E-state index in [4.69, 9.17) is 0 Å². The number of hydrogen-bond donors (Lipinski definition) is 1. The lowest BCUT2D eigenvalue weighted by Crippen LogP contribution is -2.25. The number of carbonyl (C=O) groups is 1. The van der Waals surface area contributed by atoms with Gasteiger partial charge in [-0.3, -0.25) is 4.79 Å². The highest BCUT2D eigenvalue weighted by molar-refractivity contribution is 7.99. The molecular weight excluding hydrogens is 306 g/mol. The number of nitrogens with zero attached hydrogens (tertiary/aromatic N) is 2. The Morgan fingerprint density at radius 3 is 2.57 bits per heavy atom. The third-order valence-electron chi connectivity index (χ3n) is 3.25. The van der Waals surface area contributed by atoms with Gasteiger partial charge in [0.25, 0.3) is 5.91 Å². The van der Waals surface area contributed by atoms with Gasteiger partial charge in [0.1, 0.15) is 0 Å². The molecule has 2 rings (SSSR count). The molecule has 0 bridgehead atoms. The molecule has 5 heteroatoms. The quantitative estimate of drug-likeness (QED) is 0.788. The first kappa shape index (κ1) is 17.5. The fourth-order valence-corrected chi connectivity index (χ4v) is 2.98. The van der Waals surface area contributed by atoms with Gasteiger partial charge in [0.05, 0.1) is 0 Å². The zero-order chi connectivity index (χ0) is 16.7. The van der Waals surface area contributed by atoms with Gasteiger partial charge >= 0.3 is 0 Å². The van der Waals surface area contributed by atoms with Gasteiger partial charge in [0, 0.05) is 34.8 Å². The van der Waals surface area contributed by atoms with Crippen molar-refractivity contribution < 1.29 is 4.79 Å². The van der Waals surface area contributed by atoms with Gasteiger partial charge in [-0.25, -0.2) is 9.97 Å². The summed E-state index contributed by atoms with van der Waals surface area (Å²) in [6.07, 6.45) is 1.16. The first-order valence-corrected chi connectivity index (χ1v) is 9.04. The number of hydrogen-bond acceptors (Lipinski definition) is 4. The van der Waals surface area contributed by atoms with Crippen LogP contribution in [-0.2, 0) is 0 Å². The Morgan fingerprint density at radius 2 is 1.87 bits per heavy atom. The van der Waals surface area contributed by atoms with Crippen molar-refractivity contribution in [2.24, 2.45) is 0 Å². The fraction of sp³-hybridized carbons (Fsp3) is 0.389. The Kier molecular flexibility index (Phi) is 6.59. The maximum Gasteiger partial charge on any atom is 0.251 e. The summed E-state index contributed by atoms with van der Waals surface area (Å²) in [7, 11) is 0. The summed E-state index contributed by atoms with van der Waals surface area (Å²) < 4.78 is 0. The SMILES string of the molecule is CCCSCCNC(=O)c1cccc(-c2nc(C)cc(C)n2)c1. The van der Waals surface area contributed by atoms with Crippen molar-refractivity contribution in [3.63, 3.8) is 0 Å². The molecule has 4 nitrogen and oxygen atoms in total. The van der Waals surface area contributed by atoms with Crippen LogP contribution in [0.15, 0.2) is 30.3 Å². The molecule has 0 unspecified atom stereocenters. The van der Waals surface area contributed by atoms with Crippen molar-refractivity contribution in [1.82, 2.24) is 15.3 Å². The maximum atomic E-state index is 12.2. The standard InChI is InChI=1S/C18H23N3OS/c1-4-9-23-10-8-19-18(22)16-7-5-6-15(12-16)17-20-13(2)11-14(3)21-17/h5-7,11-12H,4,8-10H2,1-3H3,(H,19,22). The minimum absolute atomic E-state index is 0.0478. The minimum Gasteiger partial charge on any atom is -0.351 e. The summed E-state index contributed by atoms with van der Waals surface area (Å²) in [6.45, 7) is 6.74. The molecule has 1 aromatic heterocycles. The topological polar surface area (TPSA) is 54.9 Å². The number of aryl methyl sites for hydroxylation is 2. The normalized spacial score (nSPS) is 10.6. The number of rotatable bonds is 7. The van der Waals surface area contributed by atoms with Crippen molar-refractivity contribution in [3.8, 4) is 11.4 Å². The van der Waals surface area contributed by atoms with Gasteiger partial charge in [-0.15, -0.1) is 0 Å². The summed E-state index contributed by atoms with van der Waals surface area (Å²) in [6, 6.07) is 9.41. The van der Waals surface area contributed by atoms with Crippen molar-refractivity contribution in [2.45, 2.75) is 27.2 Å². The number of nitrogens with one attached hydrogen (secondary N) is 1. The summed E-state index contributed by atoms with van der Waals surface area (Å²) in [5, 5.41) is 2.96. The van der Waals surface area contributed by atoms with Gasteiger partial charge < -0.3 is 5.32 Å². The monoisotopic (exact) mass is 329 g/mol. The Balaban J connectivity index is 2.05. The zero-order valence-corrected chi connectivity index (χ0v) is 14.7. The molecule has 0 aliphatic carbocycles. The van der Waals surface area contributed by atoms with Gasteiger partial charge in [0.2, 0.25) is 0 Å². The van der Waals surface area contributed by atoms with Gasteiger partial charge in [-0.05, 0) is 44.2 Å². The Labute approximate surface area is 142 Å². The molecular formula is C18H23N3OS. The summed E-state index contributed by atoms with van der Waals surface area (Å²) >= 11 is 1.86. The summed E-state index contributed by atoms with van der Waals surface area (Å²) in [4.78, 5) is 21.1. The lowest BCUT2D eigenvalue weighted by molar-refractivity contribution is 0.0956. The van der Waals surface area contributed by atoms with Crippen LogP contribution in [-0.4, -0.2) is 33.9 Å². The summed E-state index contributed by atoms with van der Waals surface area (Å²) in [5.41, 5.74) is 3.36. The average Bonchev–Trinajstić information content (AvgIpc) is 2.53. The van der Waals surface area contributed by atoms with E-state index in [0.717, 1.165) is 34.9 Å². The number of carbonyl (C=O) groups excluding carboxylic acids is 1. The van der Waals surface area contributed by atoms with E-state index in [1.54, 1.807) is 0 Å². The smallest absolute Gasteiger partial charge is 0.251 e. The van der Waals surface area contributed by atoms with E-state index >= 15 is 0 Å². The van der Waals surface area contributed by atoms with Crippen molar-refractivity contribution in [2.75, 3.05) is 18.1 Å². The van der Waals surface area contributed by atoms with Gasteiger partial charge in [-0.2, -0.15) is 11.8 Å². The number of benzene rings is 1. The van der Waals surface area contributed by atoms with Crippen LogP contribution >= 0.6 is 11.8 Å². The molecule has 0 radical (unpaired) electrons. The minimum atomic E-state index is -0.0478. The molecule has 1 heterocycles. The predicted molar refractivity (Wildman–Crippen MR) is 96.9 cm³/mol. The summed E-state index contributed by atoms with van der Waals surface area (Å²) in [5.74, 6) is 2.69.